The summed E-state index contributed by atoms with van der Waals surface area (Å²) in [6.07, 6.45) is 8.73. The van der Waals surface area contributed by atoms with E-state index >= 15 is 0 Å². The maximum Gasteiger partial charge on any atom is 0.222 e. The van der Waals surface area contributed by atoms with Crippen LogP contribution >= 0.6 is 0 Å². The van der Waals surface area contributed by atoms with Crippen molar-refractivity contribution in [1.82, 2.24) is 10.2 Å². The number of carbonyl (C=O) groups is 1. The quantitative estimate of drug-likeness (QED) is 0.782. The van der Waals surface area contributed by atoms with Gasteiger partial charge in [-0.2, -0.15) is 0 Å². The van der Waals surface area contributed by atoms with Gasteiger partial charge in [0.05, 0.1) is 0 Å². The fourth-order valence-corrected chi connectivity index (χ4v) is 3.72. The molecule has 20 heavy (non-hydrogen) atoms. The number of nitrogens with zero attached hydrogens (tertiary/aromatic N) is 1. The second-order valence-corrected chi connectivity index (χ2v) is 6.51. The van der Waals surface area contributed by atoms with Gasteiger partial charge in [0.2, 0.25) is 5.91 Å². The highest BCUT2D eigenvalue weighted by Crippen LogP contribution is 2.24. The van der Waals surface area contributed by atoms with E-state index in [0.29, 0.717) is 24.4 Å². The van der Waals surface area contributed by atoms with Crippen molar-refractivity contribution in [2.24, 2.45) is 5.92 Å². The fraction of sp³-hybridized carbons (Fsp3) is 0.938. The van der Waals surface area contributed by atoms with Gasteiger partial charge < -0.3 is 15.3 Å². The van der Waals surface area contributed by atoms with Crippen LogP contribution in [0.15, 0.2) is 0 Å². The lowest BCUT2D eigenvalue weighted by Crippen LogP contribution is -2.53. The van der Waals surface area contributed by atoms with Gasteiger partial charge in [0.15, 0.2) is 0 Å². The number of hydrogen-bond donors (Lipinski definition) is 2. The molecule has 1 aliphatic carbocycles. The molecule has 1 saturated carbocycles. The average molecular weight is 282 g/mol. The van der Waals surface area contributed by atoms with Crippen LogP contribution in [0.1, 0.15) is 58.3 Å². The van der Waals surface area contributed by atoms with E-state index in [1.165, 1.54) is 25.7 Å². The molecule has 4 heteroatoms. The van der Waals surface area contributed by atoms with Crippen molar-refractivity contribution in [2.45, 2.75) is 70.4 Å². The third-order valence-electron chi connectivity index (χ3n) is 4.72. The maximum atomic E-state index is 12.2. The third kappa shape index (κ3) is 4.45. The van der Waals surface area contributed by atoms with E-state index < -0.39 is 0 Å². The van der Waals surface area contributed by atoms with E-state index in [2.05, 4.69) is 12.2 Å². The average Bonchev–Trinajstić information content (AvgIpc) is 2.92. The summed E-state index contributed by atoms with van der Waals surface area (Å²) in [5.74, 6) is 0.738. The minimum absolute atomic E-state index is 0.233. The summed E-state index contributed by atoms with van der Waals surface area (Å²) in [6.45, 7) is 3.98. The highest BCUT2D eigenvalue weighted by Gasteiger charge is 2.30. The van der Waals surface area contributed by atoms with Gasteiger partial charge in [-0.15, -0.1) is 0 Å². The van der Waals surface area contributed by atoms with Crippen molar-refractivity contribution >= 4 is 5.91 Å². The SMILES string of the molecule is CCCC(=O)N1CC(CCO)CC(NC2CCCC2)C1. The first kappa shape index (κ1) is 15.8. The van der Waals surface area contributed by atoms with Gasteiger partial charge in [-0.25, -0.2) is 0 Å². The van der Waals surface area contributed by atoms with Gasteiger partial charge in [0.25, 0.3) is 0 Å². The number of carbonyl (C=O) groups excluding carboxylic acids is 1. The molecule has 0 bridgehead atoms. The Kier molecular flexibility index (Phi) is 6.30. The summed E-state index contributed by atoms with van der Waals surface area (Å²) in [6, 6.07) is 1.07. The first-order valence-electron chi connectivity index (χ1n) is 8.37. The zero-order valence-corrected chi connectivity index (χ0v) is 12.8. The second kappa shape index (κ2) is 7.99. The number of amides is 1. The molecule has 4 nitrogen and oxygen atoms in total. The Bertz CT molecular complexity index is 303. The highest BCUT2D eigenvalue weighted by atomic mass is 16.3. The lowest BCUT2D eigenvalue weighted by atomic mass is 9.91. The molecule has 2 atom stereocenters. The Balaban J connectivity index is 1.90. The molecule has 0 spiro atoms. The zero-order valence-electron chi connectivity index (χ0n) is 12.8. The van der Waals surface area contributed by atoms with E-state index in [4.69, 9.17) is 0 Å². The molecule has 0 radical (unpaired) electrons. The minimum atomic E-state index is 0.233. The largest absolute Gasteiger partial charge is 0.396 e. The van der Waals surface area contributed by atoms with Crippen LogP contribution in [0.5, 0.6) is 0 Å². The predicted molar refractivity (Wildman–Crippen MR) is 80.5 cm³/mol. The van der Waals surface area contributed by atoms with E-state index in [1.54, 1.807) is 0 Å². The van der Waals surface area contributed by atoms with Crippen molar-refractivity contribution in [3.05, 3.63) is 0 Å². The smallest absolute Gasteiger partial charge is 0.222 e. The molecule has 0 aromatic rings. The number of likely N-dealkylation sites (tertiary alicyclic amines) is 1. The van der Waals surface area contributed by atoms with Crippen LogP contribution in [0.25, 0.3) is 0 Å². The number of aliphatic hydroxyl groups excluding tert-OH is 1. The molecule has 2 rings (SSSR count). The molecule has 2 N–H and O–H groups in total. The Labute approximate surface area is 122 Å². The number of piperidine rings is 1. The van der Waals surface area contributed by atoms with Crippen LogP contribution < -0.4 is 5.32 Å². The Hall–Kier alpha value is -0.610. The molecule has 2 unspecified atom stereocenters. The number of nitrogens with one attached hydrogen (secondary N) is 1. The Morgan fingerprint density at radius 2 is 2.00 bits per heavy atom. The van der Waals surface area contributed by atoms with Gasteiger partial charge in [-0.05, 0) is 38.0 Å². The zero-order chi connectivity index (χ0) is 14.4. The first-order valence-corrected chi connectivity index (χ1v) is 8.37. The molecule has 0 aromatic heterocycles. The first-order chi connectivity index (χ1) is 9.72. The highest BCUT2D eigenvalue weighted by molar-refractivity contribution is 5.76. The molecule has 116 valence electrons. The fourth-order valence-electron chi connectivity index (χ4n) is 3.72. The third-order valence-corrected chi connectivity index (χ3v) is 4.72. The van der Waals surface area contributed by atoms with Gasteiger partial charge in [-0.1, -0.05) is 19.8 Å². The normalized spacial score (nSPS) is 28.0. The van der Waals surface area contributed by atoms with Gasteiger partial charge in [0, 0.05) is 38.2 Å². The standard InChI is InChI=1S/C16H30N2O2/c1-2-5-16(20)18-11-13(8-9-19)10-15(12-18)17-14-6-3-4-7-14/h13-15,17,19H,2-12H2,1H3. The van der Waals surface area contributed by atoms with Gasteiger partial charge in [0.1, 0.15) is 0 Å². The minimum Gasteiger partial charge on any atom is -0.396 e. The predicted octanol–water partition coefficient (Wildman–Crippen LogP) is 1.92. The van der Waals surface area contributed by atoms with Crippen molar-refractivity contribution in [3.8, 4) is 0 Å². The van der Waals surface area contributed by atoms with Gasteiger partial charge in [-0.3, -0.25) is 4.79 Å². The summed E-state index contributed by atoms with van der Waals surface area (Å²) >= 11 is 0. The topological polar surface area (TPSA) is 52.6 Å². The molecule has 1 saturated heterocycles. The van der Waals surface area contributed by atoms with Crippen molar-refractivity contribution in [2.75, 3.05) is 19.7 Å². The van der Waals surface area contributed by atoms with Crippen LogP contribution in [0.3, 0.4) is 0 Å². The second-order valence-electron chi connectivity index (χ2n) is 6.51. The van der Waals surface area contributed by atoms with E-state index in [-0.39, 0.29) is 12.5 Å². The molecule has 1 heterocycles. The summed E-state index contributed by atoms with van der Waals surface area (Å²) < 4.78 is 0. The summed E-state index contributed by atoms with van der Waals surface area (Å²) in [5.41, 5.74) is 0. The summed E-state index contributed by atoms with van der Waals surface area (Å²) in [7, 11) is 0. The summed E-state index contributed by atoms with van der Waals surface area (Å²) in [5, 5.41) is 13.0. The summed E-state index contributed by atoms with van der Waals surface area (Å²) in [4.78, 5) is 14.2. The number of aliphatic hydroxyl groups is 1. The Morgan fingerprint density at radius 1 is 1.25 bits per heavy atom. The molecule has 1 aliphatic heterocycles. The Morgan fingerprint density at radius 3 is 2.65 bits per heavy atom. The molecule has 2 fully saturated rings. The van der Waals surface area contributed by atoms with Crippen LogP contribution in [0, 0.1) is 5.92 Å². The number of rotatable bonds is 6. The van der Waals surface area contributed by atoms with Crippen molar-refractivity contribution in [3.63, 3.8) is 0 Å². The molecule has 0 aromatic carbocycles. The molecule has 1 amide bonds. The monoisotopic (exact) mass is 282 g/mol. The molecule has 2 aliphatic rings. The van der Waals surface area contributed by atoms with Crippen molar-refractivity contribution in [1.29, 1.82) is 0 Å². The van der Waals surface area contributed by atoms with Crippen LogP contribution in [0.2, 0.25) is 0 Å². The van der Waals surface area contributed by atoms with Crippen LogP contribution in [-0.4, -0.2) is 47.7 Å². The molecular weight excluding hydrogens is 252 g/mol. The maximum absolute atomic E-state index is 12.2. The number of hydrogen-bond acceptors (Lipinski definition) is 3. The van der Waals surface area contributed by atoms with Crippen molar-refractivity contribution < 1.29 is 9.90 Å². The lowest BCUT2D eigenvalue weighted by Gasteiger charge is -2.39. The van der Waals surface area contributed by atoms with E-state index in [1.807, 2.05) is 4.90 Å². The van der Waals surface area contributed by atoms with E-state index in [0.717, 1.165) is 32.4 Å². The van der Waals surface area contributed by atoms with Crippen LogP contribution in [-0.2, 0) is 4.79 Å². The molecular formula is C16H30N2O2. The van der Waals surface area contributed by atoms with Crippen LogP contribution in [0.4, 0.5) is 0 Å². The van der Waals surface area contributed by atoms with Gasteiger partial charge >= 0.3 is 0 Å². The lowest BCUT2D eigenvalue weighted by molar-refractivity contribution is -0.133. The van der Waals surface area contributed by atoms with E-state index in [9.17, 15) is 9.90 Å².